The molecule has 1 unspecified atom stereocenters. The van der Waals surface area contributed by atoms with Crippen LogP contribution in [0.15, 0.2) is 36.4 Å². The predicted octanol–water partition coefficient (Wildman–Crippen LogP) is 4.94. The van der Waals surface area contributed by atoms with Crippen LogP contribution in [-0.4, -0.2) is 0 Å². The molecule has 0 heterocycles. The Hall–Kier alpha value is -1.29. The fraction of sp³-hybridized carbons (Fsp3) is 0.143. The molecule has 0 aliphatic rings. The van der Waals surface area contributed by atoms with Gasteiger partial charge in [-0.05, 0) is 43.3 Å². The van der Waals surface area contributed by atoms with Gasteiger partial charge >= 0.3 is 0 Å². The third-order valence-corrected chi connectivity index (χ3v) is 2.96. The Morgan fingerprint density at radius 1 is 1.11 bits per heavy atom. The molecule has 5 heteroatoms. The maximum atomic E-state index is 13.2. The molecular formula is C14H12Cl2FNO. The summed E-state index contributed by atoms with van der Waals surface area (Å²) in [6.45, 7) is 1.76. The zero-order valence-electron chi connectivity index (χ0n) is 10.2. The van der Waals surface area contributed by atoms with Crippen LogP contribution in [0.25, 0.3) is 0 Å². The lowest BCUT2D eigenvalue weighted by molar-refractivity contribution is 0.469. The van der Waals surface area contributed by atoms with Crippen LogP contribution in [0, 0.1) is 5.82 Å². The maximum absolute atomic E-state index is 13.2. The van der Waals surface area contributed by atoms with E-state index in [0.29, 0.717) is 27.1 Å². The third-order valence-electron chi connectivity index (χ3n) is 2.53. The van der Waals surface area contributed by atoms with E-state index in [1.807, 2.05) is 0 Å². The quantitative estimate of drug-likeness (QED) is 0.871. The zero-order chi connectivity index (χ0) is 14.0. The molecule has 1 atom stereocenters. The Kier molecular flexibility index (Phi) is 4.30. The molecule has 0 aliphatic carbocycles. The van der Waals surface area contributed by atoms with Crippen LogP contribution in [0.2, 0.25) is 10.0 Å². The fourth-order valence-corrected chi connectivity index (χ4v) is 2.19. The molecule has 0 saturated carbocycles. The van der Waals surface area contributed by atoms with E-state index in [0.717, 1.165) is 0 Å². The van der Waals surface area contributed by atoms with Crippen LogP contribution in [0.3, 0.4) is 0 Å². The summed E-state index contributed by atoms with van der Waals surface area (Å²) in [5.74, 6) is 0.601. The summed E-state index contributed by atoms with van der Waals surface area (Å²) in [6, 6.07) is 8.71. The molecule has 2 N–H and O–H groups in total. The molecule has 19 heavy (non-hydrogen) atoms. The van der Waals surface area contributed by atoms with Crippen molar-refractivity contribution in [1.82, 2.24) is 0 Å². The molecule has 0 aromatic heterocycles. The van der Waals surface area contributed by atoms with Crippen LogP contribution < -0.4 is 10.5 Å². The average Bonchev–Trinajstić information content (AvgIpc) is 2.30. The second-order valence-electron chi connectivity index (χ2n) is 4.18. The van der Waals surface area contributed by atoms with E-state index >= 15 is 0 Å². The van der Waals surface area contributed by atoms with Crippen molar-refractivity contribution < 1.29 is 9.13 Å². The molecule has 0 fully saturated rings. The standard InChI is InChI=1S/C14H12Cl2FNO/c1-8(18)13-7-11(17)2-3-14(13)19-12-5-9(15)4-10(16)6-12/h2-8H,18H2,1H3. The van der Waals surface area contributed by atoms with Crippen molar-refractivity contribution in [2.45, 2.75) is 13.0 Å². The molecule has 2 aromatic carbocycles. The summed E-state index contributed by atoms with van der Waals surface area (Å²) >= 11 is 11.8. The van der Waals surface area contributed by atoms with Crippen molar-refractivity contribution in [2.75, 3.05) is 0 Å². The third kappa shape index (κ3) is 3.60. The summed E-state index contributed by atoms with van der Waals surface area (Å²) in [7, 11) is 0. The topological polar surface area (TPSA) is 35.2 Å². The van der Waals surface area contributed by atoms with Gasteiger partial charge in [0.25, 0.3) is 0 Å². The number of hydrogen-bond acceptors (Lipinski definition) is 2. The van der Waals surface area contributed by atoms with Crippen LogP contribution in [0.1, 0.15) is 18.5 Å². The Balaban J connectivity index is 2.37. The Bertz CT molecular complexity index is 582. The smallest absolute Gasteiger partial charge is 0.132 e. The average molecular weight is 300 g/mol. The minimum absolute atomic E-state index is 0.347. The molecule has 0 aliphatic heterocycles. The molecule has 2 aromatic rings. The Labute approximate surface area is 120 Å². The van der Waals surface area contributed by atoms with Gasteiger partial charge in [0.05, 0.1) is 0 Å². The fourth-order valence-electron chi connectivity index (χ4n) is 1.68. The molecule has 0 radical (unpaired) electrons. The summed E-state index contributed by atoms with van der Waals surface area (Å²) in [5.41, 5.74) is 6.38. The first kappa shape index (κ1) is 14.1. The van der Waals surface area contributed by atoms with Crippen molar-refractivity contribution in [3.05, 3.63) is 57.8 Å². The highest BCUT2D eigenvalue weighted by molar-refractivity contribution is 6.34. The van der Waals surface area contributed by atoms with Gasteiger partial charge in [0.15, 0.2) is 0 Å². The molecule has 0 spiro atoms. The second-order valence-corrected chi connectivity index (χ2v) is 5.05. The first-order valence-electron chi connectivity index (χ1n) is 5.64. The van der Waals surface area contributed by atoms with Crippen molar-refractivity contribution in [2.24, 2.45) is 5.73 Å². The van der Waals surface area contributed by atoms with E-state index in [9.17, 15) is 4.39 Å². The van der Waals surface area contributed by atoms with E-state index in [2.05, 4.69) is 0 Å². The van der Waals surface area contributed by atoms with Gasteiger partial charge in [-0.3, -0.25) is 0 Å². The van der Waals surface area contributed by atoms with Gasteiger partial charge < -0.3 is 10.5 Å². The normalized spacial score (nSPS) is 12.3. The molecule has 2 nitrogen and oxygen atoms in total. The lowest BCUT2D eigenvalue weighted by atomic mass is 10.1. The van der Waals surface area contributed by atoms with E-state index in [4.69, 9.17) is 33.7 Å². The number of nitrogens with two attached hydrogens (primary N) is 1. The lowest BCUT2D eigenvalue weighted by Crippen LogP contribution is -2.07. The highest BCUT2D eigenvalue weighted by Gasteiger charge is 2.11. The Morgan fingerprint density at radius 2 is 1.74 bits per heavy atom. The van der Waals surface area contributed by atoms with E-state index in [1.54, 1.807) is 25.1 Å². The number of rotatable bonds is 3. The molecule has 2 rings (SSSR count). The van der Waals surface area contributed by atoms with Crippen LogP contribution in [-0.2, 0) is 0 Å². The number of halogens is 3. The number of benzene rings is 2. The van der Waals surface area contributed by atoms with Gasteiger partial charge in [0.1, 0.15) is 17.3 Å². The van der Waals surface area contributed by atoms with Gasteiger partial charge in [0.2, 0.25) is 0 Å². The van der Waals surface area contributed by atoms with E-state index in [1.165, 1.54) is 18.2 Å². The van der Waals surface area contributed by atoms with Crippen LogP contribution >= 0.6 is 23.2 Å². The summed E-state index contributed by atoms with van der Waals surface area (Å²) in [6.07, 6.45) is 0. The van der Waals surface area contributed by atoms with E-state index < -0.39 is 0 Å². The lowest BCUT2D eigenvalue weighted by Gasteiger charge is -2.14. The summed E-state index contributed by atoms with van der Waals surface area (Å²) in [4.78, 5) is 0. The van der Waals surface area contributed by atoms with Crippen molar-refractivity contribution in [3.8, 4) is 11.5 Å². The monoisotopic (exact) mass is 299 g/mol. The molecule has 100 valence electrons. The number of ether oxygens (including phenoxy) is 1. The first-order valence-corrected chi connectivity index (χ1v) is 6.40. The second kappa shape index (κ2) is 5.78. The van der Waals surface area contributed by atoms with Gasteiger partial charge in [-0.1, -0.05) is 23.2 Å². The maximum Gasteiger partial charge on any atom is 0.132 e. The van der Waals surface area contributed by atoms with Crippen molar-refractivity contribution in [3.63, 3.8) is 0 Å². The zero-order valence-corrected chi connectivity index (χ0v) is 11.7. The molecule has 0 amide bonds. The van der Waals surface area contributed by atoms with Crippen LogP contribution in [0.5, 0.6) is 11.5 Å². The minimum atomic E-state index is -0.358. The Morgan fingerprint density at radius 3 is 2.32 bits per heavy atom. The van der Waals surface area contributed by atoms with Gasteiger partial charge in [-0.25, -0.2) is 4.39 Å². The summed E-state index contributed by atoms with van der Waals surface area (Å²) in [5, 5.41) is 0.930. The van der Waals surface area contributed by atoms with Gasteiger partial charge in [-0.15, -0.1) is 0 Å². The highest BCUT2D eigenvalue weighted by Crippen LogP contribution is 2.32. The summed E-state index contributed by atoms with van der Waals surface area (Å²) < 4.78 is 18.9. The molecule has 0 saturated heterocycles. The minimum Gasteiger partial charge on any atom is -0.457 e. The van der Waals surface area contributed by atoms with Gasteiger partial charge in [-0.2, -0.15) is 0 Å². The largest absolute Gasteiger partial charge is 0.457 e. The van der Waals surface area contributed by atoms with Gasteiger partial charge in [0, 0.05) is 21.7 Å². The molecular weight excluding hydrogens is 288 g/mol. The SMILES string of the molecule is CC(N)c1cc(F)ccc1Oc1cc(Cl)cc(Cl)c1. The molecule has 0 bridgehead atoms. The predicted molar refractivity (Wildman–Crippen MR) is 75.5 cm³/mol. The van der Waals surface area contributed by atoms with Crippen molar-refractivity contribution in [1.29, 1.82) is 0 Å². The van der Waals surface area contributed by atoms with Crippen molar-refractivity contribution >= 4 is 23.2 Å². The van der Waals surface area contributed by atoms with Crippen LogP contribution in [0.4, 0.5) is 4.39 Å². The number of hydrogen-bond donors (Lipinski definition) is 1. The first-order chi connectivity index (χ1) is 8.95. The van der Waals surface area contributed by atoms with E-state index in [-0.39, 0.29) is 11.9 Å². The highest BCUT2D eigenvalue weighted by atomic mass is 35.5.